The molecule has 0 radical (unpaired) electrons. The van der Waals surface area contributed by atoms with E-state index in [1.165, 1.54) is 12.3 Å². The minimum Gasteiger partial charge on any atom is -0.381 e. The topological polar surface area (TPSA) is 59.2 Å². The molecule has 98 valence electrons. The van der Waals surface area contributed by atoms with Gasteiger partial charge in [0.2, 0.25) is 0 Å². The third-order valence-electron chi connectivity index (χ3n) is 3.03. The summed E-state index contributed by atoms with van der Waals surface area (Å²) in [6, 6.07) is 1.39. The fourth-order valence-electron chi connectivity index (χ4n) is 1.95. The lowest BCUT2D eigenvalue weighted by Crippen LogP contribution is -2.42. The zero-order valence-electron chi connectivity index (χ0n) is 10.2. The number of nitrogens with two attached hydrogens (primary N) is 1. The van der Waals surface area contributed by atoms with Crippen molar-refractivity contribution in [2.75, 3.05) is 24.6 Å². The maximum Gasteiger partial charge on any atom is 0.257 e. The summed E-state index contributed by atoms with van der Waals surface area (Å²) in [5, 5.41) is 0.435. The van der Waals surface area contributed by atoms with Crippen molar-refractivity contribution in [2.24, 2.45) is 0 Å². The van der Waals surface area contributed by atoms with Crippen molar-refractivity contribution in [1.29, 1.82) is 0 Å². The summed E-state index contributed by atoms with van der Waals surface area (Å²) in [5.74, 6) is -0.333. The van der Waals surface area contributed by atoms with Gasteiger partial charge in [0.05, 0.1) is 5.56 Å². The molecule has 1 aliphatic heterocycles. The zero-order valence-corrected chi connectivity index (χ0v) is 11.0. The van der Waals surface area contributed by atoms with Crippen LogP contribution in [0.2, 0.25) is 0 Å². The van der Waals surface area contributed by atoms with Crippen LogP contribution in [0.1, 0.15) is 23.7 Å². The summed E-state index contributed by atoms with van der Waals surface area (Å²) in [6.45, 7) is 3.42. The molecule has 1 unspecified atom stereocenters. The van der Waals surface area contributed by atoms with Gasteiger partial charge in [0, 0.05) is 30.3 Å². The summed E-state index contributed by atoms with van der Waals surface area (Å²) in [7, 11) is 0. The van der Waals surface area contributed by atoms with E-state index in [4.69, 9.17) is 5.73 Å². The van der Waals surface area contributed by atoms with Gasteiger partial charge in [-0.1, -0.05) is 6.92 Å². The van der Waals surface area contributed by atoms with E-state index in [9.17, 15) is 9.18 Å². The first-order valence-corrected chi connectivity index (χ1v) is 6.99. The molecule has 0 saturated carbocycles. The van der Waals surface area contributed by atoms with Gasteiger partial charge >= 0.3 is 0 Å². The molecule has 1 aromatic heterocycles. The minimum atomic E-state index is -0.714. The number of carbonyl (C=O) groups excluding carboxylic acids is 1. The number of pyridine rings is 1. The number of halogens is 1. The Kier molecular flexibility index (Phi) is 4.06. The highest BCUT2D eigenvalue weighted by Gasteiger charge is 2.26. The van der Waals surface area contributed by atoms with Gasteiger partial charge in [-0.25, -0.2) is 9.37 Å². The van der Waals surface area contributed by atoms with Crippen LogP contribution in [-0.2, 0) is 0 Å². The van der Waals surface area contributed by atoms with Crippen LogP contribution in [0.5, 0.6) is 0 Å². The van der Waals surface area contributed by atoms with E-state index in [1.54, 1.807) is 4.90 Å². The van der Waals surface area contributed by atoms with Crippen molar-refractivity contribution in [1.82, 2.24) is 9.88 Å². The highest BCUT2D eigenvalue weighted by Crippen LogP contribution is 2.23. The highest BCUT2D eigenvalue weighted by atomic mass is 32.2. The smallest absolute Gasteiger partial charge is 0.257 e. The quantitative estimate of drug-likeness (QED) is 0.889. The van der Waals surface area contributed by atoms with Gasteiger partial charge in [0.25, 0.3) is 5.91 Å². The molecule has 1 aromatic rings. The molecule has 1 atom stereocenters. The number of hydrogen-bond donors (Lipinski definition) is 1. The Balaban J connectivity index is 2.18. The van der Waals surface area contributed by atoms with Gasteiger partial charge in [-0.3, -0.25) is 4.79 Å². The standard InChI is InChI=1S/C12H16FN3OS/c1-2-8-7-16(5-6-18-8)12(17)9-3-4-15-11(14)10(9)13/h3-4,8H,2,5-7H2,1H3,(H2,14,15). The van der Waals surface area contributed by atoms with Crippen molar-refractivity contribution in [3.05, 3.63) is 23.6 Å². The number of nitrogens with zero attached hydrogens (tertiary/aromatic N) is 2. The van der Waals surface area contributed by atoms with Crippen molar-refractivity contribution >= 4 is 23.5 Å². The van der Waals surface area contributed by atoms with Crippen LogP contribution in [-0.4, -0.2) is 39.9 Å². The van der Waals surface area contributed by atoms with Gasteiger partial charge < -0.3 is 10.6 Å². The Labute approximate surface area is 110 Å². The first-order chi connectivity index (χ1) is 8.63. The van der Waals surface area contributed by atoms with Crippen LogP contribution in [0.15, 0.2) is 12.3 Å². The lowest BCUT2D eigenvalue weighted by atomic mass is 10.2. The Hall–Kier alpha value is -1.30. The molecule has 6 heteroatoms. The van der Waals surface area contributed by atoms with Gasteiger partial charge in [0.15, 0.2) is 11.6 Å². The average molecular weight is 269 g/mol. The summed E-state index contributed by atoms with van der Waals surface area (Å²) in [4.78, 5) is 17.6. The summed E-state index contributed by atoms with van der Waals surface area (Å²) < 4.78 is 13.7. The Morgan fingerprint density at radius 1 is 1.72 bits per heavy atom. The molecule has 2 heterocycles. The number of amides is 1. The van der Waals surface area contributed by atoms with Gasteiger partial charge in [0.1, 0.15) is 0 Å². The molecular weight excluding hydrogens is 253 g/mol. The van der Waals surface area contributed by atoms with E-state index >= 15 is 0 Å². The molecule has 1 saturated heterocycles. The van der Waals surface area contributed by atoms with Crippen molar-refractivity contribution < 1.29 is 9.18 Å². The first-order valence-electron chi connectivity index (χ1n) is 5.94. The number of thioether (sulfide) groups is 1. The molecule has 4 nitrogen and oxygen atoms in total. The Morgan fingerprint density at radius 3 is 3.22 bits per heavy atom. The van der Waals surface area contributed by atoms with Gasteiger partial charge in [-0.15, -0.1) is 0 Å². The molecule has 0 bridgehead atoms. The van der Waals surface area contributed by atoms with Crippen LogP contribution in [0, 0.1) is 5.82 Å². The lowest BCUT2D eigenvalue weighted by Gasteiger charge is -2.32. The van der Waals surface area contributed by atoms with E-state index in [0.717, 1.165) is 12.2 Å². The van der Waals surface area contributed by atoms with Crippen LogP contribution < -0.4 is 5.73 Å². The summed E-state index contributed by atoms with van der Waals surface area (Å²) in [6.07, 6.45) is 2.37. The molecule has 2 N–H and O–H groups in total. The highest BCUT2D eigenvalue weighted by molar-refractivity contribution is 8.00. The number of rotatable bonds is 2. The third kappa shape index (κ3) is 2.58. The second-order valence-electron chi connectivity index (χ2n) is 4.21. The SMILES string of the molecule is CCC1CN(C(=O)c2ccnc(N)c2F)CCS1. The molecular formula is C12H16FN3OS. The second kappa shape index (κ2) is 5.56. The molecule has 18 heavy (non-hydrogen) atoms. The second-order valence-corrected chi connectivity index (χ2v) is 5.62. The zero-order chi connectivity index (χ0) is 13.1. The van der Waals surface area contributed by atoms with E-state index in [0.29, 0.717) is 18.3 Å². The predicted octanol–water partition coefficient (Wildman–Crippen LogP) is 1.77. The van der Waals surface area contributed by atoms with Crippen molar-refractivity contribution in [3.8, 4) is 0 Å². The molecule has 1 amide bonds. The normalized spacial score (nSPS) is 19.9. The summed E-state index contributed by atoms with van der Waals surface area (Å²) in [5.41, 5.74) is 5.40. The van der Waals surface area contributed by atoms with Crippen LogP contribution >= 0.6 is 11.8 Å². The van der Waals surface area contributed by atoms with Crippen LogP contribution in [0.4, 0.5) is 10.2 Å². The maximum absolute atomic E-state index is 13.7. The number of aromatic nitrogens is 1. The first kappa shape index (κ1) is 13.1. The predicted molar refractivity (Wildman–Crippen MR) is 71.0 cm³/mol. The molecule has 1 fully saturated rings. The molecule has 0 aliphatic carbocycles. The monoisotopic (exact) mass is 269 g/mol. The molecule has 1 aliphatic rings. The summed E-state index contributed by atoms with van der Waals surface area (Å²) >= 11 is 1.86. The third-order valence-corrected chi connectivity index (χ3v) is 4.40. The van der Waals surface area contributed by atoms with E-state index in [2.05, 4.69) is 11.9 Å². The number of anilines is 1. The number of hydrogen-bond acceptors (Lipinski definition) is 4. The molecule has 2 rings (SSSR count). The Morgan fingerprint density at radius 2 is 2.50 bits per heavy atom. The minimum absolute atomic E-state index is 0.0178. The molecule has 0 aromatic carbocycles. The van der Waals surface area contributed by atoms with Gasteiger partial charge in [-0.2, -0.15) is 11.8 Å². The fourth-order valence-corrected chi connectivity index (χ4v) is 3.13. The van der Waals surface area contributed by atoms with Crippen molar-refractivity contribution in [2.45, 2.75) is 18.6 Å². The lowest BCUT2D eigenvalue weighted by molar-refractivity contribution is 0.0756. The number of nitrogen functional groups attached to an aromatic ring is 1. The van der Waals surface area contributed by atoms with Gasteiger partial charge in [-0.05, 0) is 12.5 Å². The largest absolute Gasteiger partial charge is 0.381 e. The van der Waals surface area contributed by atoms with E-state index in [1.807, 2.05) is 11.8 Å². The van der Waals surface area contributed by atoms with E-state index in [-0.39, 0.29) is 17.3 Å². The maximum atomic E-state index is 13.7. The van der Waals surface area contributed by atoms with E-state index < -0.39 is 5.82 Å². The number of carbonyl (C=O) groups is 1. The Bertz CT molecular complexity index is 455. The average Bonchev–Trinajstić information content (AvgIpc) is 2.41. The van der Waals surface area contributed by atoms with Crippen LogP contribution in [0.3, 0.4) is 0 Å². The molecule has 0 spiro atoms. The van der Waals surface area contributed by atoms with Crippen LogP contribution in [0.25, 0.3) is 0 Å². The fraction of sp³-hybridized carbons (Fsp3) is 0.500. The van der Waals surface area contributed by atoms with Crippen molar-refractivity contribution in [3.63, 3.8) is 0 Å².